The molecule has 1 aliphatic rings. The SMILES string of the molecule is CCCCCCCCCCCCCCCC(=O)CC(O)(C(=O)CCCCCCCCCCCCCCC)C1(CC)OS(=O)(=O)O1. The fourth-order valence-electron chi connectivity index (χ4n) is 6.55. The third kappa shape index (κ3) is 17.8. The molecule has 1 fully saturated rings. The Morgan fingerprint density at radius 3 is 1.16 bits per heavy atom. The van der Waals surface area contributed by atoms with E-state index >= 15 is 0 Å². The summed E-state index contributed by atoms with van der Waals surface area (Å²) in [5, 5.41) is 11.6. The minimum absolute atomic E-state index is 0.0565. The Bertz CT molecular complexity index is 860. The number of rotatable bonds is 33. The van der Waals surface area contributed by atoms with Crippen molar-refractivity contribution >= 4 is 22.0 Å². The van der Waals surface area contributed by atoms with Gasteiger partial charge >= 0.3 is 10.4 Å². The number of ketones is 2. The van der Waals surface area contributed by atoms with Crippen molar-refractivity contribution in [2.75, 3.05) is 0 Å². The molecule has 0 aromatic heterocycles. The van der Waals surface area contributed by atoms with Crippen LogP contribution in [0.15, 0.2) is 0 Å². The summed E-state index contributed by atoms with van der Waals surface area (Å²) in [5.74, 6) is -2.85. The summed E-state index contributed by atoms with van der Waals surface area (Å²) in [6.45, 7) is 6.08. The van der Waals surface area contributed by atoms with Crippen molar-refractivity contribution < 1.29 is 31.5 Å². The van der Waals surface area contributed by atoms with Gasteiger partial charge in [-0.25, -0.2) is 8.37 Å². The maximum absolute atomic E-state index is 13.3. The van der Waals surface area contributed by atoms with Crippen LogP contribution in [0.25, 0.3) is 0 Å². The van der Waals surface area contributed by atoms with Gasteiger partial charge in [-0.1, -0.05) is 175 Å². The Morgan fingerprint density at radius 1 is 0.533 bits per heavy atom. The smallest absolute Gasteiger partial charge is 0.376 e. The largest absolute Gasteiger partial charge is 0.405 e. The zero-order valence-corrected chi connectivity index (χ0v) is 30.3. The first kappa shape index (κ1) is 42.2. The van der Waals surface area contributed by atoms with E-state index in [4.69, 9.17) is 8.37 Å². The zero-order chi connectivity index (χ0) is 33.3. The summed E-state index contributed by atoms with van der Waals surface area (Å²) in [5.41, 5.74) is -2.31. The molecule has 0 bridgehead atoms. The lowest BCUT2D eigenvalue weighted by atomic mass is 9.79. The number of hydrogen-bond donors (Lipinski definition) is 1. The first-order chi connectivity index (χ1) is 21.7. The van der Waals surface area contributed by atoms with Crippen molar-refractivity contribution in [3.8, 4) is 0 Å². The minimum Gasteiger partial charge on any atom is -0.376 e. The van der Waals surface area contributed by atoms with Crippen LogP contribution in [-0.4, -0.2) is 36.5 Å². The van der Waals surface area contributed by atoms with E-state index in [1.54, 1.807) is 6.92 Å². The molecule has 1 atom stereocenters. The summed E-state index contributed by atoms with van der Waals surface area (Å²) in [6.07, 6.45) is 30.7. The van der Waals surface area contributed by atoms with Crippen molar-refractivity contribution in [2.24, 2.45) is 0 Å². The number of aliphatic hydroxyl groups is 1. The Hall–Kier alpha value is -0.830. The molecule has 1 unspecified atom stereocenters. The molecule has 7 nitrogen and oxygen atoms in total. The van der Waals surface area contributed by atoms with E-state index in [1.165, 1.54) is 116 Å². The monoisotopic (exact) mass is 658 g/mol. The highest BCUT2D eigenvalue weighted by molar-refractivity contribution is 7.82. The van der Waals surface area contributed by atoms with Crippen molar-refractivity contribution in [1.29, 1.82) is 0 Å². The van der Waals surface area contributed by atoms with E-state index in [1.807, 2.05) is 0 Å². The quantitative estimate of drug-likeness (QED) is 0.0699. The number of unbranched alkanes of at least 4 members (excludes halogenated alkanes) is 24. The molecule has 0 spiro atoms. The lowest BCUT2D eigenvalue weighted by Gasteiger charge is -2.48. The molecule has 1 saturated heterocycles. The van der Waals surface area contributed by atoms with Crippen molar-refractivity contribution in [1.82, 2.24) is 0 Å². The first-order valence-corrected chi connectivity index (χ1v) is 20.4. The van der Waals surface area contributed by atoms with Gasteiger partial charge in [0.15, 0.2) is 11.4 Å². The molecule has 45 heavy (non-hydrogen) atoms. The second kappa shape index (κ2) is 25.2. The molecule has 0 aliphatic carbocycles. The fraction of sp³-hybridized carbons (Fsp3) is 0.946. The molecule has 1 heterocycles. The third-order valence-corrected chi connectivity index (χ3v) is 10.5. The third-order valence-electron chi connectivity index (χ3n) is 9.55. The fourth-order valence-corrected chi connectivity index (χ4v) is 7.74. The van der Waals surface area contributed by atoms with Crippen molar-refractivity contribution in [3.05, 3.63) is 0 Å². The van der Waals surface area contributed by atoms with Crippen LogP contribution in [0, 0.1) is 0 Å². The molecule has 0 radical (unpaired) electrons. The lowest BCUT2D eigenvalue weighted by molar-refractivity contribution is -0.280. The topological polar surface area (TPSA) is 107 Å². The van der Waals surface area contributed by atoms with Gasteiger partial charge in [-0.3, -0.25) is 9.59 Å². The Kier molecular flexibility index (Phi) is 23.6. The first-order valence-electron chi connectivity index (χ1n) is 19.1. The number of carbonyl (C=O) groups excluding carboxylic acids is 2. The van der Waals surface area contributed by atoms with Gasteiger partial charge < -0.3 is 5.11 Å². The molecular formula is C37H70O7S. The highest BCUT2D eigenvalue weighted by atomic mass is 32.3. The highest BCUT2D eigenvalue weighted by Gasteiger charge is 2.67. The van der Waals surface area contributed by atoms with Gasteiger partial charge in [-0.2, -0.15) is 8.42 Å². The van der Waals surface area contributed by atoms with Crippen molar-refractivity contribution in [3.63, 3.8) is 0 Å². The van der Waals surface area contributed by atoms with Gasteiger partial charge in [-0.05, 0) is 12.8 Å². The van der Waals surface area contributed by atoms with Crippen LogP contribution in [-0.2, 0) is 28.4 Å². The van der Waals surface area contributed by atoms with E-state index < -0.39 is 34.0 Å². The summed E-state index contributed by atoms with van der Waals surface area (Å²) < 4.78 is 33.6. The van der Waals surface area contributed by atoms with E-state index in [0.717, 1.165) is 38.5 Å². The summed E-state index contributed by atoms with van der Waals surface area (Å²) in [7, 11) is -4.27. The Labute approximate surface area is 277 Å². The summed E-state index contributed by atoms with van der Waals surface area (Å²) in [4.78, 5) is 26.3. The zero-order valence-electron chi connectivity index (χ0n) is 29.5. The van der Waals surface area contributed by atoms with Crippen LogP contribution in [0.2, 0.25) is 0 Å². The van der Waals surface area contributed by atoms with Crippen LogP contribution in [0.5, 0.6) is 0 Å². The van der Waals surface area contributed by atoms with Gasteiger partial charge in [0.05, 0.1) is 0 Å². The lowest BCUT2D eigenvalue weighted by Crippen LogP contribution is -2.69. The van der Waals surface area contributed by atoms with Crippen LogP contribution in [0.1, 0.15) is 213 Å². The van der Waals surface area contributed by atoms with Gasteiger partial charge in [0, 0.05) is 25.7 Å². The van der Waals surface area contributed by atoms with Gasteiger partial charge in [0.1, 0.15) is 5.78 Å². The predicted octanol–water partition coefficient (Wildman–Crippen LogP) is 10.6. The molecule has 0 aromatic carbocycles. The molecule has 8 heteroatoms. The Morgan fingerprint density at radius 2 is 0.844 bits per heavy atom. The maximum atomic E-state index is 13.3. The molecule has 0 saturated carbocycles. The van der Waals surface area contributed by atoms with E-state index in [9.17, 15) is 23.1 Å². The van der Waals surface area contributed by atoms with Crippen molar-refractivity contribution in [2.45, 2.75) is 225 Å². The van der Waals surface area contributed by atoms with E-state index in [0.29, 0.717) is 12.8 Å². The molecule has 1 N–H and O–H groups in total. The summed E-state index contributed by atoms with van der Waals surface area (Å²) >= 11 is 0. The van der Waals surface area contributed by atoms with Gasteiger partial charge in [0.25, 0.3) is 0 Å². The van der Waals surface area contributed by atoms with Crippen LogP contribution in [0.3, 0.4) is 0 Å². The minimum atomic E-state index is -4.27. The molecule has 0 aromatic rings. The van der Waals surface area contributed by atoms with Gasteiger partial charge in [0.2, 0.25) is 5.79 Å². The van der Waals surface area contributed by atoms with Gasteiger partial charge in [-0.15, -0.1) is 0 Å². The standard InChI is InChI=1S/C37H70O7S/c1-4-7-9-11-13-15-17-19-21-23-25-27-29-31-34(38)33-36(40,37(6-3)43-45(41,42)44-37)35(39)32-30-28-26-24-22-20-18-16-14-12-10-8-5-2/h40H,4-33H2,1-3H3. The molecule has 1 aliphatic heterocycles. The molecule has 266 valence electrons. The van der Waals surface area contributed by atoms with Crippen LogP contribution < -0.4 is 0 Å². The average Bonchev–Trinajstić information content (AvgIpc) is 3.00. The molecule has 0 amide bonds. The number of hydrogen-bond acceptors (Lipinski definition) is 7. The predicted molar refractivity (Wildman–Crippen MR) is 184 cm³/mol. The molecular weight excluding hydrogens is 588 g/mol. The normalized spacial score (nSPS) is 16.7. The Balaban J connectivity index is 2.35. The number of Topliss-reactive ketones (excluding diaryl/α,β-unsaturated/α-hetero) is 2. The number of carbonyl (C=O) groups is 2. The molecule has 1 rings (SSSR count). The maximum Gasteiger partial charge on any atom is 0.405 e. The average molecular weight is 659 g/mol. The van der Waals surface area contributed by atoms with Crippen LogP contribution >= 0.6 is 0 Å². The second-order valence-corrected chi connectivity index (χ2v) is 14.8. The highest BCUT2D eigenvalue weighted by Crippen LogP contribution is 2.46. The second-order valence-electron chi connectivity index (χ2n) is 13.7. The van der Waals surface area contributed by atoms with Crippen LogP contribution in [0.4, 0.5) is 0 Å². The van der Waals surface area contributed by atoms with E-state index in [-0.39, 0.29) is 25.0 Å². The summed E-state index contributed by atoms with van der Waals surface area (Å²) in [6, 6.07) is 0. The van der Waals surface area contributed by atoms with E-state index in [2.05, 4.69) is 13.8 Å².